The molecule has 0 heterocycles. The summed E-state index contributed by atoms with van der Waals surface area (Å²) in [4.78, 5) is 21.2. The molecule has 0 saturated heterocycles. The molecule has 0 aliphatic carbocycles. The molecule has 278 valence electrons. The van der Waals surface area contributed by atoms with E-state index in [0.29, 0.717) is 0 Å². The molecule has 4 nitrogen and oxygen atoms in total. The van der Waals surface area contributed by atoms with E-state index in [1.54, 1.807) is 0 Å². The molecule has 0 radical (unpaired) electrons. The van der Waals surface area contributed by atoms with Crippen molar-refractivity contribution in [2.24, 2.45) is 0 Å². The Hall–Kier alpha value is -3.21. The molecule has 0 aromatic heterocycles. The largest absolute Gasteiger partial charge is 0.478 e. The van der Waals surface area contributed by atoms with Gasteiger partial charge in [0.15, 0.2) is 11.4 Å². The lowest BCUT2D eigenvalue weighted by Crippen LogP contribution is -2.76. The van der Waals surface area contributed by atoms with Crippen molar-refractivity contribution in [1.82, 2.24) is 0 Å². The third kappa shape index (κ3) is 6.02. The molecule has 0 rings (SSSR count). The van der Waals surface area contributed by atoms with Gasteiger partial charge in [-0.05, 0) is 0 Å². The Morgan fingerprint density at radius 2 is 0.702 bits per heavy atom. The molecular weight excluding hydrogens is 769 g/mol. The number of carboxylic acids is 1. The summed E-state index contributed by atoms with van der Waals surface area (Å²) in [6.07, 6.45) is -23.2. The van der Waals surface area contributed by atoms with Crippen molar-refractivity contribution in [3.63, 3.8) is 0 Å². The highest BCUT2D eigenvalue weighted by molar-refractivity contribution is 5.89. The second-order valence-electron chi connectivity index (χ2n) is 8.07. The average molecular weight is 770 g/mol. The zero-order chi connectivity index (χ0) is 39.0. The lowest BCUT2D eigenvalue weighted by Gasteiger charge is -2.43. The van der Waals surface area contributed by atoms with Crippen molar-refractivity contribution in [3.05, 3.63) is 11.4 Å². The summed E-state index contributed by atoms with van der Waals surface area (Å²) in [7, 11) is 0. The summed E-state index contributed by atoms with van der Waals surface area (Å²) < 4.78 is 356. The Morgan fingerprint density at radius 3 is 0.957 bits per heavy atom. The van der Waals surface area contributed by atoms with E-state index >= 15 is 0 Å². The number of carbonyl (C=O) groups is 2. The number of esters is 1. The normalized spacial score (nSPS) is 16.6. The van der Waals surface area contributed by atoms with E-state index in [9.17, 15) is 128 Å². The van der Waals surface area contributed by atoms with Gasteiger partial charge in [0.25, 0.3) is 0 Å². The molecule has 0 fully saturated rings. The van der Waals surface area contributed by atoms with Gasteiger partial charge in [0.05, 0.1) is 0 Å². The van der Waals surface area contributed by atoms with E-state index in [1.807, 2.05) is 0 Å². The molecule has 0 aromatic rings. The van der Waals surface area contributed by atoms with E-state index in [4.69, 9.17) is 5.11 Å². The Bertz CT molecular complexity index is 1250. The van der Waals surface area contributed by atoms with Gasteiger partial charge in [0, 0.05) is 0 Å². The topological polar surface area (TPSA) is 63.6 Å². The third-order valence-electron chi connectivity index (χ3n) is 4.95. The van der Waals surface area contributed by atoms with Crippen LogP contribution in [-0.2, 0) is 14.3 Å². The zero-order valence-corrected chi connectivity index (χ0v) is 19.9. The first-order valence-corrected chi connectivity index (χ1v) is 9.64. The maximum Gasteiger partial charge on any atom is 0.473 e. The maximum absolute atomic E-state index is 13.7. The minimum Gasteiger partial charge on any atom is -0.478 e. The van der Waals surface area contributed by atoms with Crippen LogP contribution in [0.25, 0.3) is 0 Å². The SMILES string of the molecule is O=C(O)C(=C(F)C(F)(F)C(F)(F)OC(=O)C(F)(F)C(F)(F)C(F)(F)C(F)(F)C(F)(F)C(F)(F)C(F)(F)C(F)(F)C(F)(F)F)C(F)(F)F. The number of ether oxygens (including phenoxy) is 1. The quantitative estimate of drug-likeness (QED) is 0.123. The van der Waals surface area contributed by atoms with Crippen LogP contribution < -0.4 is 0 Å². The van der Waals surface area contributed by atoms with Gasteiger partial charge in [0.2, 0.25) is 0 Å². The van der Waals surface area contributed by atoms with Crippen molar-refractivity contribution >= 4 is 11.9 Å². The predicted octanol–water partition coefficient (Wildman–Crippen LogP) is 8.27. The standard InChI is InChI=1S/C16HF27O4/c17-2(1(3(44)45)7(22,23)24)5(18,19)16(42,43)47-4(46)6(20,21)8(25,26)9(27,28)10(29,30)11(31,32)12(33,34)13(35,36)14(37,38)15(39,40)41/h(H,44,45). The van der Waals surface area contributed by atoms with Crippen molar-refractivity contribution < 1.29 is 138 Å². The van der Waals surface area contributed by atoms with E-state index in [2.05, 4.69) is 0 Å². The zero-order valence-electron chi connectivity index (χ0n) is 19.9. The van der Waals surface area contributed by atoms with Crippen molar-refractivity contribution in [2.45, 2.75) is 71.8 Å². The molecule has 0 unspecified atom stereocenters. The van der Waals surface area contributed by atoms with Crippen molar-refractivity contribution in [2.75, 3.05) is 0 Å². The highest BCUT2D eigenvalue weighted by Crippen LogP contribution is 2.65. The number of hydrogen-bond acceptors (Lipinski definition) is 3. The first kappa shape index (κ1) is 43.8. The van der Waals surface area contributed by atoms with Crippen molar-refractivity contribution in [1.29, 1.82) is 0 Å². The van der Waals surface area contributed by atoms with Crippen LogP contribution in [0.2, 0.25) is 0 Å². The summed E-state index contributed by atoms with van der Waals surface area (Å²) >= 11 is 0. The maximum atomic E-state index is 13.7. The van der Waals surface area contributed by atoms with E-state index in [0.717, 1.165) is 0 Å². The van der Waals surface area contributed by atoms with Crippen LogP contribution in [0.15, 0.2) is 11.4 Å². The fraction of sp³-hybridized carbons (Fsp3) is 0.750. The van der Waals surface area contributed by atoms with Gasteiger partial charge in [-0.25, -0.2) is 14.0 Å². The van der Waals surface area contributed by atoms with Gasteiger partial charge < -0.3 is 9.84 Å². The molecule has 0 atom stereocenters. The molecule has 0 saturated carbocycles. The lowest BCUT2D eigenvalue weighted by molar-refractivity contribution is -0.467. The average Bonchev–Trinajstić information content (AvgIpc) is 2.80. The Morgan fingerprint density at radius 1 is 0.426 bits per heavy atom. The van der Waals surface area contributed by atoms with Gasteiger partial charge in [-0.3, -0.25) is 0 Å². The summed E-state index contributed by atoms with van der Waals surface area (Å²) in [5.41, 5.74) is -4.43. The first-order valence-electron chi connectivity index (χ1n) is 9.64. The third-order valence-corrected chi connectivity index (χ3v) is 4.95. The number of carbonyl (C=O) groups excluding carboxylic acids is 1. The minimum atomic E-state index is -9.59. The Kier molecular flexibility index (Phi) is 10.4. The van der Waals surface area contributed by atoms with E-state index in [1.165, 1.54) is 4.74 Å². The molecule has 1 N–H and O–H groups in total. The number of aliphatic carboxylic acids is 1. The molecule has 31 heteroatoms. The van der Waals surface area contributed by atoms with E-state index in [-0.39, 0.29) is 0 Å². The highest BCUT2D eigenvalue weighted by atomic mass is 19.4. The second-order valence-corrected chi connectivity index (χ2v) is 8.07. The van der Waals surface area contributed by atoms with Crippen molar-refractivity contribution in [3.8, 4) is 0 Å². The van der Waals surface area contributed by atoms with Gasteiger partial charge >= 0.3 is 83.7 Å². The number of carboxylic acid groups (broad SMARTS) is 1. The first-order chi connectivity index (χ1) is 19.9. The summed E-state index contributed by atoms with van der Waals surface area (Å²) in [6.45, 7) is 0. The lowest BCUT2D eigenvalue weighted by atomic mass is 9.87. The summed E-state index contributed by atoms with van der Waals surface area (Å²) in [5, 5.41) is 8.01. The molecule has 0 spiro atoms. The van der Waals surface area contributed by atoms with Gasteiger partial charge in [-0.15, -0.1) is 0 Å². The molecule has 0 aromatic carbocycles. The summed E-state index contributed by atoms with van der Waals surface area (Å²) in [6, 6.07) is 0. The predicted molar refractivity (Wildman–Crippen MR) is 83.4 cm³/mol. The molecule has 0 bridgehead atoms. The number of rotatable bonds is 12. The Labute approximate surface area is 234 Å². The minimum absolute atomic E-state index is 1.37. The van der Waals surface area contributed by atoms with E-state index < -0.39 is 95.1 Å². The van der Waals surface area contributed by atoms with Gasteiger partial charge in [0.1, 0.15) is 0 Å². The molecule has 0 amide bonds. The van der Waals surface area contributed by atoms with Crippen LogP contribution in [0, 0.1) is 0 Å². The van der Waals surface area contributed by atoms with Gasteiger partial charge in [-0.1, -0.05) is 0 Å². The van der Waals surface area contributed by atoms with Crippen LogP contribution in [0.1, 0.15) is 0 Å². The van der Waals surface area contributed by atoms with Crippen LogP contribution in [-0.4, -0.2) is 88.8 Å². The van der Waals surface area contributed by atoms with Crippen LogP contribution in [0.4, 0.5) is 119 Å². The van der Waals surface area contributed by atoms with Crippen LogP contribution in [0.5, 0.6) is 0 Å². The number of hydrogen-bond donors (Lipinski definition) is 1. The summed E-state index contributed by atoms with van der Waals surface area (Å²) in [5.74, 6) is -96.4. The number of halogens is 27. The fourth-order valence-corrected chi connectivity index (χ4v) is 2.36. The number of alkyl halides is 26. The van der Waals surface area contributed by atoms with Crippen LogP contribution in [0.3, 0.4) is 0 Å². The molecule has 0 aliphatic rings. The monoisotopic (exact) mass is 770 g/mol. The fourth-order valence-electron chi connectivity index (χ4n) is 2.36. The smallest absolute Gasteiger partial charge is 0.473 e. The van der Waals surface area contributed by atoms with Crippen LogP contribution >= 0.6 is 0 Å². The molecule has 0 aliphatic heterocycles. The second kappa shape index (κ2) is 11.2. The Balaban J connectivity index is 7.17. The highest BCUT2D eigenvalue weighted by Gasteiger charge is 2.97. The molecule has 47 heavy (non-hydrogen) atoms. The molecular formula is C16HF27O4. The van der Waals surface area contributed by atoms with Gasteiger partial charge in [-0.2, -0.15) is 114 Å².